The van der Waals surface area contributed by atoms with Crippen molar-refractivity contribution in [2.24, 2.45) is 0 Å². The summed E-state index contributed by atoms with van der Waals surface area (Å²) >= 11 is 3.70. The molecule has 1 heterocycles. The third kappa shape index (κ3) is 3.94. The lowest BCUT2D eigenvalue weighted by molar-refractivity contribution is 0.121. The van der Waals surface area contributed by atoms with E-state index in [1.54, 1.807) is 7.11 Å². The van der Waals surface area contributed by atoms with E-state index in [4.69, 9.17) is 4.74 Å². The SMILES string of the molecule is CCCNCc1ccc(N2CCC(OC)C2)c(Br)c1. The van der Waals surface area contributed by atoms with Crippen LogP contribution in [0.5, 0.6) is 0 Å². The monoisotopic (exact) mass is 326 g/mol. The van der Waals surface area contributed by atoms with Crippen LogP contribution < -0.4 is 10.2 Å². The summed E-state index contributed by atoms with van der Waals surface area (Å²) < 4.78 is 6.61. The largest absolute Gasteiger partial charge is 0.380 e. The number of methoxy groups -OCH3 is 1. The summed E-state index contributed by atoms with van der Waals surface area (Å²) in [4.78, 5) is 2.39. The molecule has 19 heavy (non-hydrogen) atoms. The first-order valence-corrected chi connectivity index (χ1v) is 7.80. The van der Waals surface area contributed by atoms with Gasteiger partial charge in [-0.15, -0.1) is 0 Å². The average molecular weight is 327 g/mol. The normalized spacial score (nSPS) is 19.1. The molecule has 0 radical (unpaired) electrons. The van der Waals surface area contributed by atoms with E-state index in [0.29, 0.717) is 6.10 Å². The number of hydrogen-bond donors (Lipinski definition) is 1. The number of benzene rings is 1. The van der Waals surface area contributed by atoms with Crippen LogP contribution in [0.3, 0.4) is 0 Å². The van der Waals surface area contributed by atoms with Crippen molar-refractivity contribution in [3.05, 3.63) is 28.2 Å². The predicted octanol–water partition coefficient (Wildman–Crippen LogP) is 3.17. The zero-order valence-electron chi connectivity index (χ0n) is 11.8. The molecule has 0 bridgehead atoms. The van der Waals surface area contributed by atoms with Gasteiger partial charge in [0.05, 0.1) is 11.8 Å². The molecule has 1 unspecified atom stereocenters. The van der Waals surface area contributed by atoms with Gasteiger partial charge in [0.2, 0.25) is 0 Å². The fraction of sp³-hybridized carbons (Fsp3) is 0.600. The molecule has 1 aromatic rings. The van der Waals surface area contributed by atoms with Crippen LogP contribution in [0.15, 0.2) is 22.7 Å². The van der Waals surface area contributed by atoms with Gasteiger partial charge in [-0.2, -0.15) is 0 Å². The quantitative estimate of drug-likeness (QED) is 0.812. The Kier molecular flexibility index (Phi) is 5.67. The zero-order chi connectivity index (χ0) is 13.7. The molecule has 1 fully saturated rings. The van der Waals surface area contributed by atoms with Gasteiger partial charge in [0.1, 0.15) is 0 Å². The summed E-state index contributed by atoms with van der Waals surface area (Å²) in [6, 6.07) is 6.64. The second-order valence-corrected chi connectivity index (χ2v) is 5.91. The highest BCUT2D eigenvalue weighted by molar-refractivity contribution is 9.10. The van der Waals surface area contributed by atoms with Crippen LogP contribution in [0.1, 0.15) is 25.3 Å². The van der Waals surface area contributed by atoms with Crippen LogP contribution in [0, 0.1) is 0 Å². The van der Waals surface area contributed by atoms with E-state index >= 15 is 0 Å². The number of rotatable bonds is 6. The van der Waals surface area contributed by atoms with Crippen LogP contribution in [0.25, 0.3) is 0 Å². The molecule has 0 aromatic heterocycles. The summed E-state index contributed by atoms with van der Waals surface area (Å²) in [5.41, 5.74) is 2.60. The molecular formula is C15H23BrN2O. The minimum atomic E-state index is 0.373. The van der Waals surface area contributed by atoms with Crippen LogP contribution in [-0.4, -0.2) is 32.8 Å². The van der Waals surface area contributed by atoms with E-state index in [-0.39, 0.29) is 0 Å². The van der Waals surface area contributed by atoms with E-state index in [1.807, 2.05) is 0 Å². The van der Waals surface area contributed by atoms with E-state index in [2.05, 4.69) is 51.3 Å². The minimum Gasteiger partial charge on any atom is -0.380 e. The Morgan fingerprint density at radius 3 is 2.95 bits per heavy atom. The Balaban J connectivity index is 1.99. The van der Waals surface area contributed by atoms with E-state index in [1.165, 1.54) is 22.1 Å². The molecule has 0 aliphatic carbocycles. The molecule has 0 spiro atoms. The Morgan fingerprint density at radius 2 is 2.32 bits per heavy atom. The summed E-state index contributed by atoms with van der Waals surface area (Å²) in [6.45, 7) is 6.26. The predicted molar refractivity (Wildman–Crippen MR) is 83.8 cm³/mol. The lowest BCUT2D eigenvalue weighted by atomic mass is 10.2. The van der Waals surface area contributed by atoms with Gasteiger partial charge in [0.15, 0.2) is 0 Å². The molecule has 0 saturated carbocycles. The van der Waals surface area contributed by atoms with Crippen molar-refractivity contribution in [3.63, 3.8) is 0 Å². The van der Waals surface area contributed by atoms with Crippen molar-refractivity contribution in [3.8, 4) is 0 Å². The molecule has 106 valence electrons. The second kappa shape index (κ2) is 7.27. The summed E-state index contributed by atoms with van der Waals surface area (Å²) in [6.07, 6.45) is 2.66. The minimum absolute atomic E-state index is 0.373. The molecule has 4 heteroatoms. The molecule has 3 nitrogen and oxygen atoms in total. The number of halogens is 1. The molecule has 2 rings (SSSR count). The first kappa shape index (κ1) is 14.8. The van der Waals surface area contributed by atoms with Crippen molar-refractivity contribution in [2.75, 3.05) is 31.6 Å². The smallest absolute Gasteiger partial charge is 0.0762 e. The molecule has 1 saturated heterocycles. The van der Waals surface area contributed by atoms with E-state index in [9.17, 15) is 0 Å². The molecule has 1 aliphatic heterocycles. The molecule has 1 atom stereocenters. The maximum atomic E-state index is 5.42. The van der Waals surface area contributed by atoms with Gasteiger partial charge < -0.3 is 15.0 Å². The summed E-state index contributed by atoms with van der Waals surface area (Å²) in [5.74, 6) is 0. The molecule has 1 aromatic carbocycles. The summed E-state index contributed by atoms with van der Waals surface area (Å²) in [7, 11) is 1.80. The third-order valence-electron chi connectivity index (χ3n) is 3.59. The highest BCUT2D eigenvalue weighted by Crippen LogP contribution is 2.30. The topological polar surface area (TPSA) is 24.5 Å². The third-order valence-corrected chi connectivity index (χ3v) is 4.22. The lowest BCUT2D eigenvalue weighted by Gasteiger charge is -2.20. The molecule has 0 amide bonds. The number of nitrogens with one attached hydrogen (secondary N) is 1. The van der Waals surface area contributed by atoms with E-state index in [0.717, 1.165) is 32.6 Å². The van der Waals surface area contributed by atoms with Gasteiger partial charge >= 0.3 is 0 Å². The lowest BCUT2D eigenvalue weighted by Crippen LogP contribution is -2.22. The number of nitrogens with zero attached hydrogens (tertiary/aromatic N) is 1. The second-order valence-electron chi connectivity index (χ2n) is 5.05. The number of ether oxygens (including phenoxy) is 1. The van der Waals surface area contributed by atoms with Crippen molar-refractivity contribution in [1.82, 2.24) is 5.32 Å². The highest BCUT2D eigenvalue weighted by Gasteiger charge is 2.23. The first-order valence-electron chi connectivity index (χ1n) is 7.01. The number of hydrogen-bond acceptors (Lipinski definition) is 3. The van der Waals surface area contributed by atoms with Crippen molar-refractivity contribution < 1.29 is 4.74 Å². The Labute approximate surface area is 124 Å². The van der Waals surface area contributed by atoms with E-state index < -0.39 is 0 Å². The van der Waals surface area contributed by atoms with Gasteiger partial charge in [0, 0.05) is 31.2 Å². The molecular weight excluding hydrogens is 304 g/mol. The van der Waals surface area contributed by atoms with Gasteiger partial charge in [-0.3, -0.25) is 0 Å². The van der Waals surface area contributed by atoms with Crippen LogP contribution >= 0.6 is 15.9 Å². The Morgan fingerprint density at radius 1 is 1.47 bits per heavy atom. The fourth-order valence-corrected chi connectivity index (χ4v) is 3.14. The maximum absolute atomic E-state index is 5.42. The zero-order valence-corrected chi connectivity index (χ0v) is 13.4. The Hall–Kier alpha value is -0.580. The van der Waals surface area contributed by atoms with Gasteiger partial charge in [-0.25, -0.2) is 0 Å². The van der Waals surface area contributed by atoms with Gasteiger partial charge in [-0.05, 0) is 53.0 Å². The van der Waals surface area contributed by atoms with Gasteiger partial charge in [0.25, 0.3) is 0 Å². The van der Waals surface area contributed by atoms with Crippen molar-refractivity contribution >= 4 is 21.6 Å². The van der Waals surface area contributed by atoms with Crippen molar-refractivity contribution in [2.45, 2.75) is 32.4 Å². The van der Waals surface area contributed by atoms with Crippen LogP contribution in [-0.2, 0) is 11.3 Å². The summed E-state index contributed by atoms with van der Waals surface area (Å²) in [5, 5.41) is 3.43. The van der Waals surface area contributed by atoms with Crippen LogP contribution in [0.2, 0.25) is 0 Å². The standard InChI is InChI=1S/C15H23BrN2O/c1-3-7-17-10-12-4-5-15(14(16)9-12)18-8-6-13(11-18)19-2/h4-5,9,13,17H,3,6-8,10-11H2,1-2H3. The highest BCUT2D eigenvalue weighted by atomic mass is 79.9. The molecule has 1 N–H and O–H groups in total. The van der Waals surface area contributed by atoms with Crippen LogP contribution in [0.4, 0.5) is 5.69 Å². The number of anilines is 1. The Bertz CT molecular complexity index is 411. The van der Waals surface area contributed by atoms with Gasteiger partial charge in [-0.1, -0.05) is 13.0 Å². The molecule has 1 aliphatic rings. The fourth-order valence-electron chi connectivity index (χ4n) is 2.47. The average Bonchev–Trinajstić information content (AvgIpc) is 2.88. The maximum Gasteiger partial charge on any atom is 0.0762 e. The van der Waals surface area contributed by atoms with Crippen molar-refractivity contribution in [1.29, 1.82) is 0 Å². The first-order chi connectivity index (χ1) is 9.24.